The molecule has 11 heteroatoms. The van der Waals surface area contributed by atoms with Gasteiger partial charge in [-0.05, 0) is 51.4 Å². The minimum atomic E-state index is -4.62. The summed E-state index contributed by atoms with van der Waals surface area (Å²) in [6.07, 6.45) is 33.7. The highest BCUT2D eigenvalue weighted by Gasteiger charge is 2.27. The van der Waals surface area contributed by atoms with Crippen LogP contribution in [0.3, 0.4) is 0 Å². The Morgan fingerprint density at radius 1 is 0.612 bits per heavy atom. The molecule has 0 fully saturated rings. The highest BCUT2D eigenvalue weighted by atomic mass is 31.2. The lowest BCUT2D eigenvalue weighted by molar-refractivity contribution is -0.161. The predicted molar refractivity (Wildman–Crippen MR) is 196 cm³/mol. The maximum absolute atomic E-state index is 12.5. The van der Waals surface area contributed by atoms with E-state index in [2.05, 4.69) is 67.0 Å². The fourth-order valence-electron chi connectivity index (χ4n) is 4.57. The van der Waals surface area contributed by atoms with E-state index in [-0.39, 0.29) is 19.4 Å². The van der Waals surface area contributed by atoms with E-state index in [1.165, 1.54) is 38.5 Å². The number of ether oxygens (including phenoxy) is 2. The molecule has 1 unspecified atom stereocenters. The van der Waals surface area contributed by atoms with E-state index < -0.39 is 51.8 Å². The Bertz CT molecular complexity index is 962. The number of aliphatic hydroxyl groups excluding tert-OH is 2. The quantitative estimate of drug-likeness (QED) is 0.0255. The van der Waals surface area contributed by atoms with Crippen LogP contribution in [0.1, 0.15) is 142 Å². The molecule has 0 heterocycles. The van der Waals surface area contributed by atoms with Crippen molar-refractivity contribution in [2.45, 2.75) is 154 Å². The van der Waals surface area contributed by atoms with Crippen LogP contribution in [0.2, 0.25) is 0 Å². The molecule has 0 bridgehead atoms. The monoisotopic (exact) mass is 714 g/mol. The zero-order valence-electron chi connectivity index (χ0n) is 30.4. The van der Waals surface area contributed by atoms with E-state index in [1.807, 2.05) is 0 Å². The molecule has 0 aromatic rings. The van der Waals surface area contributed by atoms with Crippen LogP contribution in [0.25, 0.3) is 0 Å². The van der Waals surface area contributed by atoms with Gasteiger partial charge in [-0.3, -0.25) is 18.6 Å². The Labute approximate surface area is 296 Å². The molecule has 3 N–H and O–H groups in total. The number of hydrogen-bond donors (Lipinski definition) is 3. The average Bonchev–Trinajstić information content (AvgIpc) is 3.09. The van der Waals surface area contributed by atoms with E-state index in [4.69, 9.17) is 19.1 Å². The van der Waals surface area contributed by atoms with Crippen molar-refractivity contribution in [2.75, 3.05) is 26.4 Å². The van der Waals surface area contributed by atoms with E-state index in [0.717, 1.165) is 64.2 Å². The summed E-state index contributed by atoms with van der Waals surface area (Å²) in [4.78, 5) is 34.7. The first-order chi connectivity index (χ1) is 23.7. The van der Waals surface area contributed by atoms with Crippen molar-refractivity contribution >= 4 is 19.8 Å². The van der Waals surface area contributed by atoms with Crippen LogP contribution in [0.15, 0.2) is 48.6 Å². The second kappa shape index (κ2) is 34.4. The van der Waals surface area contributed by atoms with Crippen molar-refractivity contribution in [1.82, 2.24) is 0 Å². The molecule has 0 spiro atoms. The number of allylic oxidation sites excluding steroid dienone is 8. The lowest BCUT2D eigenvalue weighted by Gasteiger charge is -2.20. The fraction of sp³-hybridized carbons (Fsp3) is 0.737. The SMILES string of the molecule is CCC/C=C/C/C=C/C/C=C/C/C=C/CCCCCC(=O)O[C@H](COC(=O)CCCCCCCCCCC)COP(=O)(O)OC[C@@H](O)CO. The Hall–Kier alpha value is -2.07. The third-order valence-corrected chi connectivity index (χ3v) is 8.42. The van der Waals surface area contributed by atoms with Gasteiger partial charge in [0.1, 0.15) is 12.7 Å². The van der Waals surface area contributed by atoms with Crippen LogP contribution < -0.4 is 0 Å². The molecule has 0 aromatic carbocycles. The summed E-state index contributed by atoms with van der Waals surface area (Å²) in [7, 11) is -4.62. The molecule has 10 nitrogen and oxygen atoms in total. The largest absolute Gasteiger partial charge is 0.472 e. The highest BCUT2D eigenvalue weighted by Crippen LogP contribution is 2.43. The van der Waals surface area contributed by atoms with Crippen LogP contribution in [-0.4, -0.2) is 65.7 Å². The summed E-state index contributed by atoms with van der Waals surface area (Å²) in [6.45, 7) is 2.22. The first-order valence-corrected chi connectivity index (χ1v) is 20.1. The van der Waals surface area contributed by atoms with Crippen LogP contribution in [0.5, 0.6) is 0 Å². The summed E-state index contributed by atoms with van der Waals surface area (Å²) in [5, 5.41) is 18.2. The van der Waals surface area contributed by atoms with Crippen molar-refractivity contribution < 1.29 is 47.8 Å². The number of carbonyl (C=O) groups excluding carboxylic acids is 2. The summed E-state index contributed by atoms with van der Waals surface area (Å²) >= 11 is 0. The lowest BCUT2D eigenvalue weighted by atomic mass is 10.1. The maximum Gasteiger partial charge on any atom is 0.472 e. The number of unbranched alkanes of at least 4 members (excludes halogenated alkanes) is 12. The molecule has 3 atom stereocenters. The minimum Gasteiger partial charge on any atom is -0.462 e. The van der Waals surface area contributed by atoms with Gasteiger partial charge in [-0.15, -0.1) is 0 Å². The minimum absolute atomic E-state index is 0.146. The highest BCUT2D eigenvalue weighted by molar-refractivity contribution is 7.47. The second-order valence-corrected chi connectivity index (χ2v) is 13.7. The number of carbonyl (C=O) groups is 2. The molecule has 0 aliphatic rings. The van der Waals surface area contributed by atoms with Crippen LogP contribution in [-0.2, 0) is 32.7 Å². The van der Waals surface area contributed by atoms with Gasteiger partial charge in [-0.1, -0.05) is 127 Å². The zero-order chi connectivity index (χ0) is 36.3. The van der Waals surface area contributed by atoms with Gasteiger partial charge in [0.15, 0.2) is 6.10 Å². The zero-order valence-corrected chi connectivity index (χ0v) is 31.3. The smallest absolute Gasteiger partial charge is 0.462 e. The van der Waals surface area contributed by atoms with Gasteiger partial charge < -0.3 is 24.6 Å². The third-order valence-electron chi connectivity index (χ3n) is 7.47. The van der Waals surface area contributed by atoms with Gasteiger partial charge in [0.25, 0.3) is 0 Å². The molecule has 0 aliphatic carbocycles. The summed E-state index contributed by atoms with van der Waals surface area (Å²) < 4.78 is 32.5. The number of esters is 2. The molecule has 0 rings (SSSR count). The van der Waals surface area contributed by atoms with Gasteiger partial charge in [0.05, 0.1) is 19.8 Å². The predicted octanol–water partition coefficient (Wildman–Crippen LogP) is 8.99. The van der Waals surface area contributed by atoms with Crippen LogP contribution in [0.4, 0.5) is 0 Å². The summed E-state index contributed by atoms with van der Waals surface area (Å²) in [5.41, 5.74) is 0. The molecule has 0 aromatic heterocycles. The fourth-order valence-corrected chi connectivity index (χ4v) is 5.36. The normalized spacial score (nSPS) is 14.6. The number of phosphoric acid groups is 1. The summed E-state index contributed by atoms with van der Waals surface area (Å²) in [6, 6.07) is 0. The van der Waals surface area contributed by atoms with E-state index >= 15 is 0 Å². The van der Waals surface area contributed by atoms with Crippen LogP contribution >= 0.6 is 7.82 Å². The van der Waals surface area contributed by atoms with Gasteiger partial charge in [-0.2, -0.15) is 0 Å². The molecule has 0 aliphatic heterocycles. The molecule has 49 heavy (non-hydrogen) atoms. The van der Waals surface area contributed by atoms with E-state index in [9.17, 15) is 24.2 Å². The molecule has 0 radical (unpaired) electrons. The number of rotatable bonds is 34. The summed E-state index contributed by atoms with van der Waals surface area (Å²) in [5.74, 6) is -0.968. The van der Waals surface area contributed by atoms with Gasteiger partial charge in [-0.25, -0.2) is 4.57 Å². The Morgan fingerprint density at radius 2 is 1.10 bits per heavy atom. The van der Waals surface area contributed by atoms with E-state index in [1.54, 1.807) is 0 Å². The molecule has 0 amide bonds. The number of hydrogen-bond acceptors (Lipinski definition) is 9. The van der Waals surface area contributed by atoms with Crippen molar-refractivity contribution in [1.29, 1.82) is 0 Å². The van der Waals surface area contributed by atoms with Gasteiger partial charge in [0, 0.05) is 12.8 Å². The second-order valence-electron chi connectivity index (χ2n) is 12.3. The Kier molecular flexibility index (Phi) is 32.9. The van der Waals surface area contributed by atoms with Gasteiger partial charge in [0.2, 0.25) is 0 Å². The molecule has 0 saturated heterocycles. The number of aliphatic hydroxyl groups is 2. The molecule has 284 valence electrons. The topological polar surface area (TPSA) is 149 Å². The average molecular weight is 715 g/mol. The van der Waals surface area contributed by atoms with Crippen molar-refractivity contribution in [2.24, 2.45) is 0 Å². The Morgan fingerprint density at radius 3 is 1.67 bits per heavy atom. The lowest BCUT2D eigenvalue weighted by Crippen LogP contribution is -2.29. The van der Waals surface area contributed by atoms with Crippen molar-refractivity contribution in [3.05, 3.63) is 48.6 Å². The number of phosphoric ester groups is 1. The molecular weight excluding hydrogens is 647 g/mol. The molecular formula is C38H67O10P. The molecule has 0 saturated carbocycles. The van der Waals surface area contributed by atoms with E-state index in [0.29, 0.717) is 12.8 Å². The first kappa shape index (κ1) is 46.9. The van der Waals surface area contributed by atoms with Crippen molar-refractivity contribution in [3.8, 4) is 0 Å². The standard InChI is InChI=1S/C38H67O10P/c1-3-5-7-9-11-13-14-15-16-17-18-19-20-22-24-26-28-30-38(42)48-36(34-47-49(43,44)46-32-35(40)31-39)33-45-37(41)29-27-25-23-21-12-10-8-6-4-2/h7,9,13-14,16-17,19-20,35-36,39-40H,3-6,8,10-12,15,18,21-34H2,1-2H3,(H,43,44)/b9-7+,14-13+,17-16+,20-19+/t35-,36+/m0/s1. The van der Waals surface area contributed by atoms with Crippen molar-refractivity contribution in [3.63, 3.8) is 0 Å². The maximum atomic E-state index is 12.5. The first-order valence-electron chi connectivity index (χ1n) is 18.6. The van der Waals surface area contributed by atoms with Gasteiger partial charge >= 0.3 is 19.8 Å². The third kappa shape index (κ3) is 34.2. The Balaban J connectivity index is 4.44. The van der Waals surface area contributed by atoms with Crippen LogP contribution in [0, 0.1) is 0 Å².